The summed E-state index contributed by atoms with van der Waals surface area (Å²) in [6, 6.07) is 10.6. The van der Waals surface area contributed by atoms with E-state index in [-0.39, 0.29) is 12.1 Å². The fourth-order valence-corrected chi connectivity index (χ4v) is 2.65. The van der Waals surface area contributed by atoms with E-state index < -0.39 is 17.3 Å². The first-order chi connectivity index (χ1) is 13.0. The van der Waals surface area contributed by atoms with Crippen LogP contribution in [0.3, 0.4) is 0 Å². The minimum absolute atomic E-state index is 0.0443. The standard InChI is InChI=1S/C20H18FN3O3/c1-13-8-10-24(16-5-3-15(21)4-6-16)20(26)18(13)19(25)23-12-14-7-9-22-17(11-14)27-2/h3-11H,12H2,1-2H3,(H,23,25). The molecule has 2 aromatic heterocycles. The van der Waals surface area contributed by atoms with Gasteiger partial charge in [0.25, 0.3) is 11.5 Å². The van der Waals surface area contributed by atoms with Gasteiger partial charge in [0.15, 0.2) is 0 Å². The Morgan fingerprint density at radius 3 is 2.67 bits per heavy atom. The number of hydrogen-bond donors (Lipinski definition) is 1. The van der Waals surface area contributed by atoms with Crippen molar-refractivity contribution in [1.29, 1.82) is 0 Å². The number of hydrogen-bond acceptors (Lipinski definition) is 4. The SMILES string of the molecule is COc1cc(CNC(=O)c2c(C)ccn(-c3ccc(F)cc3)c2=O)ccn1. The zero-order chi connectivity index (χ0) is 19.4. The lowest BCUT2D eigenvalue weighted by atomic mass is 10.1. The molecule has 7 heteroatoms. The number of nitrogens with one attached hydrogen (secondary N) is 1. The molecular weight excluding hydrogens is 349 g/mol. The second-order valence-corrected chi connectivity index (χ2v) is 5.91. The molecule has 1 amide bonds. The number of benzene rings is 1. The van der Waals surface area contributed by atoms with Gasteiger partial charge in [0.1, 0.15) is 11.4 Å². The van der Waals surface area contributed by atoms with Crippen LogP contribution in [-0.2, 0) is 6.54 Å². The van der Waals surface area contributed by atoms with Gasteiger partial charge in [0.05, 0.1) is 7.11 Å². The lowest BCUT2D eigenvalue weighted by Crippen LogP contribution is -2.33. The third-order valence-corrected chi connectivity index (χ3v) is 4.09. The van der Waals surface area contributed by atoms with Crippen molar-refractivity contribution in [3.8, 4) is 11.6 Å². The van der Waals surface area contributed by atoms with Gasteiger partial charge in [-0.25, -0.2) is 9.37 Å². The van der Waals surface area contributed by atoms with Gasteiger partial charge in [-0.3, -0.25) is 14.2 Å². The molecule has 6 nitrogen and oxygen atoms in total. The normalized spacial score (nSPS) is 10.5. The van der Waals surface area contributed by atoms with Crippen molar-refractivity contribution >= 4 is 5.91 Å². The minimum atomic E-state index is -0.482. The molecule has 0 saturated carbocycles. The number of amides is 1. The van der Waals surface area contributed by atoms with Crippen LogP contribution in [0.1, 0.15) is 21.5 Å². The third kappa shape index (κ3) is 4.03. The number of carbonyl (C=O) groups excluding carboxylic acids is 1. The fourth-order valence-electron chi connectivity index (χ4n) is 2.65. The zero-order valence-corrected chi connectivity index (χ0v) is 14.9. The van der Waals surface area contributed by atoms with E-state index in [1.165, 1.54) is 35.9 Å². The van der Waals surface area contributed by atoms with Crippen LogP contribution in [0.25, 0.3) is 5.69 Å². The number of pyridine rings is 2. The van der Waals surface area contributed by atoms with Crippen molar-refractivity contribution in [3.05, 3.63) is 87.7 Å². The van der Waals surface area contributed by atoms with E-state index in [4.69, 9.17) is 4.74 Å². The second kappa shape index (κ2) is 7.82. The number of aryl methyl sites for hydroxylation is 1. The van der Waals surface area contributed by atoms with Crippen LogP contribution in [0.2, 0.25) is 0 Å². The monoisotopic (exact) mass is 367 g/mol. The van der Waals surface area contributed by atoms with Gasteiger partial charge in [-0.05, 0) is 54.4 Å². The predicted molar refractivity (Wildman–Crippen MR) is 98.7 cm³/mol. The largest absolute Gasteiger partial charge is 0.481 e. The van der Waals surface area contributed by atoms with Crippen molar-refractivity contribution in [1.82, 2.24) is 14.9 Å². The molecule has 3 rings (SSSR count). The zero-order valence-electron chi connectivity index (χ0n) is 14.9. The van der Waals surface area contributed by atoms with Crippen LogP contribution in [0.15, 0.2) is 59.7 Å². The number of ether oxygens (including phenoxy) is 1. The summed E-state index contributed by atoms with van der Waals surface area (Å²) in [5.41, 5.74) is 1.41. The van der Waals surface area contributed by atoms with Gasteiger partial charge in [0.2, 0.25) is 5.88 Å². The summed E-state index contributed by atoms with van der Waals surface area (Å²) in [4.78, 5) is 29.4. The van der Waals surface area contributed by atoms with Crippen LogP contribution >= 0.6 is 0 Å². The Labute approximate surface area is 155 Å². The number of nitrogens with zero attached hydrogens (tertiary/aromatic N) is 2. The molecule has 27 heavy (non-hydrogen) atoms. The second-order valence-electron chi connectivity index (χ2n) is 5.91. The summed E-state index contributed by atoms with van der Waals surface area (Å²) in [5.74, 6) is -0.439. The van der Waals surface area contributed by atoms with E-state index in [2.05, 4.69) is 10.3 Å². The van der Waals surface area contributed by atoms with Crippen LogP contribution in [0.5, 0.6) is 5.88 Å². The molecule has 0 unspecified atom stereocenters. The highest BCUT2D eigenvalue weighted by atomic mass is 19.1. The van der Waals surface area contributed by atoms with E-state index in [0.29, 0.717) is 17.1 Å². The lowest BCUT2D eigenvalue weighted by molar-refractivity contribution is 0.0948. The highest BCUT2D eigenvalue weighted by Gasteiger charge is 2.16. The van der Waals surface area contributed by atoms with Crippen LogP contribution in [0.4, 0.5) is 4.39 Å². The van der Waals surface area contributed by atoms with Crippen LogP contribution in [-0.4, -0.2) is 22.6 Å². The first-order valence-corrected chi connectivity index (χ1v) is 8.25. The van der Waals surface area contributed by atoms with Crippen molar-refractivity contribution in [2.75, 3.05) is 7.11 Å². The number of methoxy groups -OCH3 is 1. The van der Waals surface area contributed by atoms with Crippen molar-refractivity contribution in [2.45, 2.75) is 13.5 Å². The maximum atomic E-state index is 13.1. The van der Waals surface area contributed by atoms with Gasteiger partial charge in [-0.15, -0.1) is 0 Å². The Hall–Kier alpha value is -3.48. The molecule has 2 heterocycles. The smallest absolute Gasteiger partial charge is 0.268 e. The Morgan fingerprint density at radius 1 is 1.22 bits per heavy atom. The first-order valence-electron chi connectivity index (χ1n) is 8.25. The van der Waals surface area contributed by atoms with E-state index in [1.807, 2.05) is 0 Å². The average Bonchev–Trinajstić information content (AvgIpc) is 2.67. The first kappa shape index (κ1) is 18.3. The van der Waals surface area contributed by atoms with E-state index in [0.717, 1.165) is 5.56 Å². The molecular formula is C20H18FN3O3. The minimum Gasteiger partial charge on any atom is -0.481 e. The predicted octanol–water partition coefficient (Wildman–Crippen LogP) is 2.62. The number of aromatic nitrogens is 2. The van der Waals surface area contributed by atoms with Crippen molar-refractivity contribution < 1.29 is 13.9 Å². The fraction of sp³-hybridized carbons (Fsp3) is 0.150. The lowest BCUT2D eigenvalue weighted by Gasteiger charge is -2.11. The number of halogens is 1. The summed E-state index contributed by atoms with van der Waals surface area (Å²) in [6.45, 7) is 1.92. The van der Waals surface area contributed by atoms with Crippen LogP contribution in [0, 0.1) is 12.7 Å². The molecule has 0 fully saturated rings. The van der Waals surface area contributed by atoms with Crippen LogP contribution < -0.4 is 15.6 Å². The molecule has 0 aliphatic carbocycles. The van der Waals surface area contributed by atoms with Gasteiger partial charge in [-0.2, -0.15) is 0 Å². The highest BCUT2D eigenvalue weighted by molar-refractivity contribution is 5.95. The third-order valence-electron chi connectivity index (χ3n) is 4.09. The Bertz CT molecular complexity index is 1030. The molecule has 138 valence electrons. The molecule has 0 spiro atoms. The maximum Gasteiger partial charge on any atom is 0.268 e. The number of rotatable bonds is 5. The number of carbonyl (C=O) groups is 1. The van der Waals surface area contributed by atoms with Crippen molar-refractivity contribution in [2.24, 2.45) is 0 Å². The Balaban J connectivity index is 1.86. The maximum absolute atomic E-state index is 13.1. The van der Waals surface area contributed by atoms with Gasteiger partial charge < -0.3 is 10.1 Å². The van der Waals surface area contributed by atoms with Gasteiger partial charge in [-0.1, -0.05) is 0 Å². The molecule has 0 atom stereocenters. The summed E-state index contributed by atoms with van der Waals surface area (Å²) < 4.78 is 19.5. The van der Waals surface area contributed by atoms with E-state index >= 15 is 0 Å². The molecule has 0 aliphatic heterocycles. The van der Waals surface area contributed by atoms with Gasteiger partial charge in [0, 0.05) is 30.7 Å². The topological polar surface area (TPSA) is 73.2 Å². The molecule has 3 aromatic rings. The molecule has 0 saturated heterocycles. The van der Waals surface area contributed by atoms with Crippen molar-refractivity contribution in [3.63, 3.8) is 0 Å². The molecule has 0 bridgehead atoms. The van der Waals surface area contributed by atoms with E-state index in [9.17, 15) is 14.0 Å². The Morgan fingerprint density at radius 2 is 1.96 bits per heavy atom. The average molecular weight is 367 g/mol. The summed E-state index contributed by atoms with van der Waals surface area (Å²) >= 11 is 0. The quantitative estimate of drug-likeness (QED) is 0.752. The molecule has 1 N–H and O–H groups in total. The Kier molecular flexibility index (Phi) is 5.30. The van der Waals surface area contributed by atoms with Gasteiger partial charge >= 0.3 is 0 Å². The summed E-state index contributed by atoms with van der Waals surface area (Å²) in [5, 5.41) is 2.74. The molecule has 0 aliphatic rings. The molecule has 0 radical (unpaired) electrons. The summed E-state index contributed by atoms with van der Waals surface area (Å²) in [7, 11) is 1.51. The van der Waals surface area contributed by atoms with E-state index in [1.54, 1.807) is 37.5 Å². The highest BCUT2D eigenvalue weighted by Crippen LogP contribution is 2.11. The molecule has 1 aromatic carbocycles. The summed E-state index contributed by atoms with van der Waals surface area (Å²) in [6.07, 6.45) is 3.14.